The van der Waals surface area contributed by atoms with E-state index in [9.17, 15) is 13.5 Å². The van der Waals surface area contributed by atoms with E-state index in [0.29, 0.717) is 25.1 Å². The summed E-state index contributed by atoms with van der Waals surface area (Å²) in [5, 5.41) is 18.1. The van der Waals surface area contributed by atoms with Crippen LogP contribution in [0.25, 0.3) is 0 Å². The number of hydrogen-bond acceptors (Lipinski definition) is 5. The van der Waals surface area contributed by atoms with Crippen LogP contribution in [0.15, 0.2) is 23.5 Å². The molecule has 3 rings (SSSR count). The smallest absolute Gasteiger partial charge is 0.258 e. The number of sulfonamides is 1. The van der Waals surface area contributed by atoms with Gasteiger partial charge < -0.3 is 5.11 Å². The summed E-state index contributed by atoms with van der Waals surface area (Å²) in [5.74, 6) is 0.0538. The Balaban J connectivity index is 1.91. The van der Waals surface area contributed by atoms with Crippen LogP contribution in [0, 0.1) is 12.8 Å². The Bertz CT molecular complexity index is 820. The second-order valence-corrected chi connectivity index (χ2v) is 8.03. The lowest BCUT2D eigenvalue weighted by Crippen LogP contribution is -2.41. The molecule has 132 valence electrons. The minimum Gasteiger partial charge on any atom is -0.393 e. The number of nitrogens with zero attached hydrogens (tertiary/aromatic N) is 4. The molecule has 2 N–H and O–H groups in total. The van der Waals surface area contributed by atoms with Gasteiger partial charge in [-0.2, -0.15) is 10.2 Å². The molecule has 2 aromatic rings. The summed E-state index contributed by atoms with van der Waals surface area (Å²) >= 11 is 0. The molecule has 0 unspecified atom stereocenters. The fourth-order valence-corrected chi connectivity index (χ4v) is 4.69. The first-order valence-corrected chi connectivity index (χ1v) is 9.52. The van der Waals surface area contributed by atoms with Gasteiger partial charge in [0.25, 0.3) is 10.0 Å². The van der Waals surface area contributed by atoms with Gasteiger partial charge in [-0.25, -0.2) is 13.1 Å². The summed E-state index contributed by atoms with van der Waals surface area (Å²) in [6.07, 6.45) is 4.27. The van der Waals surface area contributed by atoms with E-state index in [0.717, 1.165) is 5.56 Å². The number of aromatic nitrogens is 4. The molecular formula is C15H23N5O3S. The van der Waals surface area contributed by atoms with Gasteiger partial charge >= 0.3 is 0 Å². The lowest BCUT2D eigenvalue weighted by molar-refractivity contribution is 0.0280. The van der Waals surface area contributed by atoms with E-state index in [1.807, 2.05) is 6.92 Å². The fraction of sp³-hybridized carbons (Fsp3) is 0.600. The Kier molecular flexibility index (Phi) is 4.50. The number of aryl methyl sites for hydroxylation is 3. The van der Waals surface area contributed by atoms with Crippen molar-refractivity contribution in [2.45, 2.75) is 50.4 Å². The molecule has 1 fully saturated rings. The van der Waals surface area contributed by atoms with E-state index >= 15 is 0 Å². The monoisotopic (exact) mass is 353 g/mol. The van der Waals surface area contributed by atoms with Gasteiger partial charge in [0.2, 0.25) is 0 Å². The van der Waals surface area contributed by atoms with Crippen LogP contribution >= 0.6 is 0 Å². The molecule has 0 saturated heterocycles. The van der Waals surface area contributed by atoms with E-state index in [1.165, 1.54) is 4.68 Å². The minimum atomic E-state index is -3.73. The first kappa shape index (κ1) is 17.1. The first-order chi connectivity index (χ1) is 11.3. The highest BCUT2D eigenvalue weighted by Gasteiger charge is 2.38. The van der Waals surface area contributed by atoms with Crippen LogP contribution in [0.3, 0.4) is 0 Å². The van der Waals surface area contributed by atoms with Crippen LogP contribution in [0.4, 0.5) is 0 Å². The van der Waals surface area contributed by atoms with Crippen LogP contribution in [0.2, 0.25) is 0 Å². The van der Waals surface area contributed by atoms with Gasteiger partial charge in [-0.1, -0.05) is 0 Å². The summed E-state index contributed by atoms with van der Waals surface area (Å²) in [4.78, 5) is 0. The van der Waals surface area contributed by atoms with Crippen molar-refractivity contribution in [2.24, 2.45) is 13.0 Å². The molecule has 0 bridgehead atoms. The normalized spacial score (nSPS) is 22.3. The molecule has 1 atom stereocenters. The Morgan fingerprint density at radius 3 is 2.71 bits per heavy atom. The molecule has 0 spiro atoms. The zero-order valence-corrected chi connectivity index (χ0v) is 14.9. The third kappa shape index (κ3) is 3.24. The highest BCUT2D eigenvalue weighted by Crippen LogP contribution is 2.38. The summed E-state index contributed by atoms with van der Waals surface area (Å²) in [5.41, 5.74) is 1.46. The van der Waals surface area contributed by atoms with Crippen LogP contribution < -0.4 is 4.72 Å². The molecule has 2 heterocycles. The molecule has 2 aromatic heterocycles. The molecule has 24 heavy (non-hydrogen) atoms. The van der Waals surface area contributed by atoms with Crippen molar-refractivity contribution in [2.75, 3.05) is 0 Å². The number of hydrogen-bond donors (Lipinski definition) is 2. The second-order valence-electron chi connectivity index (χ2n) is 6.37. The number of aliphatic hydroxyl groups is 1. The summed E-state index contributed by atoms with van der Waals surface area (Å²) in [6, 6.07) is 1.16. The Morgan fingerprint density at radius 1 is 1.46 bits per heavy atom. The van der Waals surface area contributed by atoms with Crippen molar-refractivity contribution in [3.05, 3.63) is 29.7 Å². The molecule has 1 aliphatic carbocycles. The van der Waals surface area contributed by atoms with Crippen LogP contribution in [0.5, 0.6) is 0 Å². The quantitative estimate of drug-likeness (QED) is 0.797. The third-order valence-electron chi connectivity index (χ3n) is 4.43. The van der Waals surface area contributed by atoms with Crippen LogP contribution in [-0.4, -0.2) is 39.2 Å². The number of aliphatic hydroxyl groups excluding tert-OH is 1. The summed E-state index contributed by atoms with van der Waals surface area (Å²) in [6.45, 7) is 4.10. The minimum absolute atomic E-state index is 0.0538. The maximum atomic E-state index is 12.9. The molecule has 8 nitrogen and oxygen atoms in total. The average molecular weight is 353 g/mol. The Hall–Kier alpha value is -1.71. The zero-order chi connectivity index (χ0) is 17.5. The molecular weight excluding hydrogens is 330 g/mol. The topological polar surface area (TPSA) is 102 Å². The Labute approximate surface area is 141 Å². The highest BCUT2D eigenvalue weighted by molar-refractivity contribution is 7.89. The molecule has 1 aliphatic rings. The maximum absolute atomic E-state index is 12.9. The molecule has 0 aliphatic heterocycles. The van der Waals surface area contributed by atoms with Crippen molar-refractivity contribution in [1.29, 1.82) is 0 Å². The molecule has 0 radical (unpaired) electrons. The summed E-state index contributed by atoms with van der Waals surface area (Å²) in [7, 11) is -1.94. The predicted octanol–water partition coefficient (Wildman–Crippen LogP) is 0.735. The molecule has 0 aromatic carbocycles. The third-order valence-corrected chi connectivity index (χ3v) is 5.87. The van der Waals surface area contributed by atoms with Crippen molar-refractivity contribution in [3.8, 4) is 0 Å². The zero-order valence-electron chi connectivity index (χ0n) is 14.0. The van der Waals surface area contributed by atoms with E-state index in [-0.39, 0.29) is 17.0 Å². The van der Waals surface area contributed by atoms with Gasteiger partial charge in [-0.05, 0) is 38.7 Å². The van der Waals surface area contributed by atoms with Crippen molar-refractivity contribution < 1.29 is 13.5 Å². The average Bonchev–Trinajstić information content (AvgIpc) is 3.08. The SMILES string of the molecule is CCn1nc(C)cc1S(=O)(=O)N[C@H](c1cnn(C)c1)C1CC(O)C1. The molecule has 1 saturated carbocycles. The van der Waals surface area contributed by atoms with Gasteiger partial charge in [0.15, 0.2) is 5.03 Å². The van der Waals surface area contributed by atoms with E-state index in [2.05, 4.69) is 14.9 Å². The van der Waals surface area contributed by atoms with E-state index < -0.39 is 16.1 Å². The van der Waals surface area contributed by atoms with Crippen LogP contribution in [-0.2, 0) is 23.6 Å². The van der Waals surface area contributed by atoms with E-state index in [1.54, 1.807) is 37.1 Å². The molecule has 0 amide bonds. The maximum Gasteiger partial charge on any atom is 0.258 e. The fourth-order valence-electron chi connectivity index (χ4n) is 3.13. The van der Waals surface area contributed by atoms with Crippen molar-refractivity contribution in [3.63, 3.8) is 0 Å². The van der Waals surface area contributed by atoms with E-state index in [4.69, 9.17) is 0 Å². The first-order valence-electron chi connectivity index (χ1n) is 8.03. The van der Waals surface area contributed by atoms with Crippen molar-refractivity contribution >= 4 is 10.0 Å². The second kappa shape index (κ2) is 6.30. The largest absolute Gasteiger partial charge is 0.393 e. The molecule has 9 heteroatoms. The predicted molar refractivity (Wildman–Crippen MR) is 87.6 cm³/mol. The van der Waals surface area contributed by atoms with Crippen LogP contribution in [0.1, 0.15) is 37.1 Å². The lowest BCUT2D eigenvalue weighted by Gasteiger charge is -2.37. The highest BCUT2D eigenvalue weighted by atomic mass is 32.2. The van der Waals surface area contributed by atoms with Gasteiger partial charge in [0, 0.05) is 25.4 Å². The standard InChI is InChI=1S/C15H23N5O3S/c1-4-20-14(5-10(2)17-20)24(22,23)18-15(11-6-13(21)7-11)12-8-16-19(3)9-12/h5,8-9,11,13,15,18,21H,4,6-7H2,1-3H3/t11?,13?,15-/m0/s1. The van der Waals surface area contributed by atoms with Crippen molar-refractivity contribution in [1.82, 2.24) is 24.3 Å². The summed E-state index contributed by atoms with van der Waals surface area (Å²) < 4.78 is 31.7. The van der Waals surface area contributed by atoms with Gasteiger partial charge in [-0.3, -0.25) is 9.36 Å². The van der Waals surface area contributed by atoms with Gasteiger partial charge in [0.1, 0.15) is 0 Å². The lowest BCUT2D eigenvalue weighted by atomic mass is 9.76. The number of nitrogens with one attached hydrogen (secondary N) is 1. The van der Waals surface area contributed by atoms with Gasteiger partial charge in [-0.15, -0.1) is 0 Å². The van der Waals surface area contributed by atoms with Gasteiger partial charge in [0.05, 0.1) is 24.0 Å². The number of rotatable bonds is 6. The Morgan fingerprint density at radius 2 is 2.17 bits per heavy atom.